The first-order chi connectivity index (χ1) is 8.34. The zero-order chi connectivity index (χ0) is 11.7. The second kappa shape index (κ2) is 4.11. The van der Waals surface area contributed by atoms with Crippen LogP contribution in [0.5, 0.6) is 0 Å². The minimum Gasteiger partial charge on any atom is -0.290 e. The average molecular weight is 238 g/mol. The molecule has 0 bridgehead atoms. The van der Waals surface area contributed by atoms with E-state index in [0.717, 1.165) is 21.5 Å². The number of hydrogen-bond donors (Lipinski definition) is 1. The number of hydrogen-bond acceptors (Lipinski definition) is 3. The molecular weight excluding hydrogens is 228 g/mol. The molecule has 0 aliphatic carbocycles. The van der Waals surface area contributed by atoms with Crippen LogP contribution >= 0.6 is 11.3 Å². The Morgan fingerprint density at radius 1 is 0.882 bits per heavy atom. The standard InChI is InChI=1S/C14H10N2S/c15-13-11-8-4-5-9-12(11)16-14(17-13)10-6-2-1-3-7-10/h1-9,15H. The van der Waals surface area contributed by atoms with Crippen molar-refractivity contribution in [1.29, 1.82) is 5.41 Å². The molecule has 0 aliphatic heterocycles. The fraction of sp³-hybridized carbons (Fsp3) is 0. The summed E-state index contributed by atoms with van der Waals surface area (Å²) < 4.78 is 0.564. The maximum absolute atomic E-state index is 8.03. The van der Waals surface area contributed by atoms with Gasteiger partial charge in [0.1, 0.15) is 9.68 Å². The summed E-state index contributed by atoms with van der Waals surface area (Å²) in [5, 5.41) is 9.84. The lowest BCUT2D eigenvalue weighted by atomic mass is 10.2. The zero-order valence-corrected chi connectivity index (χ0v) is 9.87. The van der Waals surface area contributed by atoms with Crippen molar-refractivity contribution in [1.82, 2.24) is 4.98 Å². The molecule has 0 radical (unpaired) electrons. The Morgan fingerprint density at radius 2 is 1.59 bits per heavy atom. The van der Waals surface area contributed by atoms with E-state index in [-0.39, 0.29) is 0 Å². The van der Waals surface area contributed by atoms with Crippen molar-refractivity contribution in [2.75, 3.05) is 0 Å². The molecule has 1 aromatic heterocycles. The summed E-state index contributed by atoms with van der Waals surface area (Å²) in [5.41, 5.74) is 1.95. The van der Waals surface area contributed by atoms with Gasteiger partial charge in [-0.25, -0.2) is 4.98 Å². The summed E-state index contributed by atoms with van der Waals surface area (Å²) >= 11 is 1.42. The molecule has 2 aromatic carbocycles. The molecule has 3 rings (SSSR count). The molecule has 0 aliphatic rings. The Bertz CT molecular complexity index is 717. The third kappa shape index (κ3) is 1.85. The number of aromatic nitrogens is 1. The number of rotatable bonds is 1. The second-order valence-electron chi connectivity index (χ2n) is 3.73. The highest BCUT2D eigenvalue weighted by Crippen LogP contribution is 2.21. The highest BCUT2D eigenvalue weighted by atomic mass is 32.1. The number of fused-ring (bicyclic) bond motifs is 1. The average Bonchev–Trinajstić information content (AvgIpc) is 2.40. The first-order valence-corrected chi connectivity index (χ1v) is 6.16. The van der Waals surface area contributed by atoms with E-state index in [1.165, 1.54) is 11.3 Å². The molecule has 0 saturated heterocycles. The van der Waals surface area contributed by atoms with Gasteiger partial charge < -0.3 is 0 Å². The van der Waals surface area contributed by atoms with Gasteiger partial charge in [0.05, 0.1) is 5.52 Å². The minimum absolute atomic E-state index is 0.564. The van der Waals surface area contributed by atoms with Gasteiger partial charge in [-0.15, -0.1) is 0 Å². The van der Waals surface area contributed by atoms with Gasteiger partial charge in [-0.1, -0.05) is 53.8 Å². The highest BCUT2D eigenvalue weighted by Gasteiger charge is 2.03. The van der Waals surface area contributed by atoms with Gasteiger partial charge in [-0.3, -0.25) is 5.41 Å². The quantitative estimate of drug-likeness (QED) is 0.692. The summed E-state index contributed by atoms with van der Waals surface area (Å²) in [6.45, 7) is 0. The van der Waals surface area contributed by atoms with E-state index >= 15 is 0 Å². The Hall–Kier alpha value is -2.00. The first kappa shape index (κ1) is 10.2. The van der Waals surface area contributed by atoms with Crippen molar-refractivity contribution in [2.24, 2.45) is 0 Å². The monoisotopic (exact) mass is 238 g/mol. The van der Waals surface area contributed by atoms with Crippen molar-refractivity contribution in [2.45, 2.75) is 0 Å². The molecule has 0 atom stereocenters. The molecule has 17 heavy (non-hydrogen) atoms. The third-order valence-electron chi connectivity index (χ3n) is 2.59. The van der Waals surface area contributed by atoms with Gasteiger partial charge in [0.15, 0.2) is 0 Å². The summed E-state index contributed by atoms with van der Waals surface area (Å²) in [4.78, 5) is 4.60. The molecule has 0 spiro atoms. The van der Waals surface area contributed by atoms with E-state index in [4.69, 9.17) is 5.41 Å². The maximum atomic E-state index is 8.03. The molecule has 1 heterocycles. The molecule has 3 heteroatoms. The zero-order valence-electron chi connectivity index (χ0n) is 9.05. The highest BCUT2D eigenvalue weighted by molar-refractivity contribution is 7.12. The van der Waals surface area contributed by atoms with Gasteiger partial charge in [-0.2, -0.15) is 0 Å². The molecule has 3 aromatic rings. The molecule has 2 nitrogen and oxygen atoms in total. The van der Waals surface area contributed by atoms with E-state index in [2.05, 4.69) is 4.98 Å². The summed E-state index contributed by atoms with van der Waals surface area (Å²) in [5.74, 6) is 0. The molecule has 82 valence electrons. The lowest BCUT2D eigenvalue weighted by Gasteiger charge is -2.02. The van der Waals surface area contributed by atoms with E-state index in [1.54, 1.807) is 0 Å². The Kier molecular flexibility index (Phi) is 2.46. The van der Waals surface area contributed by atoms with Gasteiger partial charge in [0.25, 0.3) is 0 Å². The Labute approximate surface area is 103 Å². The largest absolute Gasteiger partial charge is 0.290 e. The number of nitrogens with zero attached hydrogens (tertiary/aromatic N) is 1. The smallest absolute Gasteiger partial charge is 0.125 e. The number of benzene rings is 2. The normalized spacial score (nSPS) is 10.6. The second-order valence-corrected chi connectivity index (χ2v) is 4.73. The molecular formula is C14H10N2S. The van der Waals surface area contributed by atoms with E-state index in [0.29, 0.717) is 4.67 Å². The topological polar surface area (TPSA) is 36.7 Å². The lowest BCUT2D eigenvalue weighted by molar-refractivity contribution is 1.35. The molecule has 1 N–H and O–H groups in total. The SMILES string of the molecule is N=c1sc(-c2ccccc2)nc2ccccc12. The molecule has 0 saturated carbocycles. The fourth-order valence-electron chi connectivity index (χ4n) is 1.75. The van der Waals surface area contributed by atoms with Crippen LogP contribution in [0.25, 0.3) is 21.5 Å². The lowest BCUT2D eigenvalue weighted by Crippen LogP contribution is -1.98. The van der Waals surface area contributed by atoms with Crippen LogP contribution in [-0.4, -0.2) is 4.98 Å². The fourth-order valence-corrected chi connectivity index (χ4v) is 2.63. The van der Waals surface area contributed by atoms with Crippen LogP contribution in [0.4, 0.5) is 0 Å². The van der Waals surface area contributed by atoms with Crippen LogP contribution in [0.3, 0.4) is 0 Å². The summed E-state index contributed by atoms with van der Waals surface area (Å²) in [7, 11) is 0. The predicted molar refractivity (Wildman–Crippen MR) is 70.9 cm³/mol. The van der Waals surface area contributed by atoms with Crippen molar-refractivity contribution in [3.63, 3.8) is 0 Å². The van der Waals surface area contributed by atoms with Gasteiger partial charge >= 0.3 is 0 Å². The summed E-state index contributed by atoms with van der Waals surface area (Å²) in [6.07, 6.45) is 0. The van der Waals surface area contributed by atoms with E-state index < -0.39 is 0 Å². The van der Waals surface area contributed by atoms with Crippen LogP contribution < -0.4 is 4.67 Å². The van der Waals surface area contributed by atoms with Crippen molar-refractivity contribution in [3.05, 3.63) is 59.3 Å². The van der Waals surface area contributed by atoms with Gasteiger partial charge in [0, 0.05) is 10.9 Å². The Morgan fingerprint density at radius 3 is 2.41 bits per heavy atom. The molecule has 0 amide bonds. The number of nitrogens with one attached hydrogen (secondary N) is 1. The van der Waals surface area contributed by atoms with Crippen LogP contribution in [0, 0.1) is 5.41 Å². The first-order valence-electron chi connectivity index (χ1n) is 5.34. The van der Waals surface area contributed by atoms with Crippen molar-refractivity contribution < 1.29 is 0 Å². The predicted octanol–water partition coefficient (Wildman–Crippen LogP) is 3.44. The van der Waals surface area contributed by atoms with Gasteiger partial charge in [0.2, 0.25) is 0 Å². The van der Waals surface area contributed by atoms with Gasteiger partial charge in [-0.05, 0) is 12.1 Å². The van der Waals surface area contributed by atoms with Crippen molar-refractivity contribution >= 4 is 22.2 Å². The summed E-state index contributed by atoms with van der Waals surface area (Å²) in [6, 6.07) is 17.8. The van der Waals surface area contributed by atoms with Crippen LogP contribution in [0.2, 0.25) is 0 Å². The van der Waals surface area contributed by atoms with E-state index in [9.17, 15) is 0 Å². The maximum Gasteiger partial charge on any atom is 0.125 e. The molecule has 0 unspecified atom stereocenters. The van der Waals surface area contributed by atoms with Crippen molar-refractivity contribution in [3.8, 4) is 10.6 Å². The van der Waals surface area contributed by atoms with Crippen LogP contribution in [0.15, 0.2) is 54.6 Å². The third-order valence-corrected chi connectivity index (χ3v) is 3.53. The Balaban J connectivity index is 2.30. The van der Waals surface area contributed by atoms with Crippen LogP contribution in [0.1, 0.15) is 0 Å². The molecule has 0 fully saturated rings. The van der Waals surface area contributed by atoms with Crippen LogP contribution in [-0.2, 0) is 0 Å². The minimum atomic E-state index is 0.564. The van der Waals surface area contributed by atoms with E-state index in [1.807, 2.05) is 54.6 Å². The number of para-hydroxylation sites is 1.